The van der Waals surface area contributed by atoms with Crippen LogP contribution < -0.4 is 5.14 Å². The van der Waals surface area contributed by atoms with E-state index in [2.05, 4.69) is 33.9 Å². The molecule has 0 rings (SSSR count). The smallest absolute Gasteiger partial charge is 0.249 e. The van der Waals surface area contributed by atoms with E-state index in [0.29, 0.717) is 6.42 Å². The van der Waals surface area contributed by atoms with Crippen LogP contribution >= 0.6 is 0 Å². The Balaban J connectivity index is 4.32. The van der Waals surface area contributed by atoms with Gasteiger partial charge in [0.15, 0.2) is 0 Å². The summed E-state index contributed by atoms with van der Waals surface area (Å²) in [5.74, 6) is 0. The van der Waals surface area contributed by atoms with Gasteiger partial charge >= 0.3 is 0 Å². The Morgan fingerprint density at radius 2 is 1.82 bits per heavy atom. The van der Waals surface area contributed by atoms with E-state index in [-0.39, 0.29) is 5.04 Å². The molecule has 0 aromatic carbocycles. The molecule has 0 bridgehead atoms. The monoisotopic (exact) mass is 279 g/mol. The normalized spacial score (nSPS) is 16.2. The predicted molar refractivity (Wildman–Crippen MR) is 74.6 cm³/mol. The lowest BCUT2D eigenvalue weighted by molar-refractivity contribution is 0.428. The standard InChI is InChI=1S/C11H25NO3SSi/c1-10(16(12,13)14)8-7-9-15-17(5,6)11(2,3)4/h7,9-10H,8H2,1-6H3,(H2,12,13,14)/t10-/m0/s1. The summed E-state index contributed by atoms with van der Waals surface area (Å²) in [6.45, 7) is 12.3. The molecule has 0 heterocycles. The van der Waals surface area contributed by atoms with E-state index in [1.807, 2.05) is 0 Å². The topological polar surface area (TPSA) is 69.4 Å². The van der Waals surface area contributed by atoms with Crippen LogP contribution in [0.25, 0.3) is 0 Å². The summed E-state index contributed by atoms with van der Waals surface area (Å²) >= 11 is 0. The molecular weight excluding hydrogens is 254 g/mol. The fourth-order valence-corrected chi connectivity index (χ4v) is 1.95. The third kappa shape index (κ3) is 5.70. The van der Waals surface area contributed by atoms with Gasteiger partial charge in [-0.3, -0.25) is 0 Å². The van der Waals surface area contributed by atoms with E-state index in [1.165, 1.54) is 0 Å². The summed E-state index contributed by atoms with van der Waals surface area (Å²) < 4.78 is 27.8. The molecule has 1 atom stereocenters. The third-order valence-electron chi connectivity index (χ3n) is 3.29. The average Bonchev–Trinajstić information content (AvgIpc) is 2.08. The van der Waals surface area contributed by atoms with E-state index >= 15 is 0 Å². The van der Waals surface area contributed by atoms with Crippen LogP contribution in [0.15, 0.2) is 12.3 Å². The van der Waals surface area contributed by atoms with Crippen molar-refractivity contribution < 1.29 is 12.8 Å². The van der Waals surface area contributed by atoms with Crippen LogP contribution in [0, 0.1) is 0 Å². The zero-order chi connectivity index (χ0) is 13.9. The van der Waals surface area contributed by atoms with Gasteiger partial charge in [-0.25, -0.2) is 13.6 Å². The van der Waals surface area contributed by atoms with Crippen molar-refractivity contribution in [3.05, 3.63) is 12.3 Å². The zero-order valence-corrected chi connectivity index (χ0v) is 13.5. The van der Waals surface area contributed by atoms with Gasteiger partial charge in [0.05, 0.1) is 11.5 Å². The van der Waals surface area contributed by atoms with Crippen molar-refractivity contribution in [2.75, 3.05) is 0 Å². The molecule has 0 aliphatic rings. The predicted octanol–water partition coefficient (Wildman–Crippen LogP) is 2.59. The number of nitrogens with two attached hydrogens (primary N) is 1. The summed E-state index contributed by atoms with van der Waals surface area (Å²) in [5.41, 5.74) is 0. The first-order valence-corrected chi connectivity index (χ1v) is 10.2. The van der Waals surface area contributed by atoms with Gasteiger partial charge in [0.1, 0.15) is 0 Å². The van der Waals surface area contributed by atoms with Crippen LogP contribution in [0.2, 0.25) is 18.1 Å². The number of allylic oxidation sites excluding steroid dienone is 1. The summed E-state index contributed by atoms with van der Waals surface area (Å²) in [5, 5.41) is 4.60. The highest BCUT2D eigenvalue weighted by atomic mass is 32.2. The van der Waals surface area contributed by atoms with Crippen molar-refractivity contribution >= 4 is 18.3 Å². The van der Waals surface area contributed by atoms with Crippen LogP contribution in [0.1, 0.15) is 34.1 Å². The maximum Gasteiger partial charge on any atom is 0.249 e. The van der Waals surface area contributed by atoms with E-state index in [4.69, 9.17) is 9.56 Å². The minimum absolute atomic E-state index is 0.142. The second-order valence-electron chi connectivity index (χ2n) is 5.89. The molecule has 0 fully saturated rings. The molecule has 0 unspecified atom stereocenters. The lowest BCUT2D eigenvalue weighted by Crippen LogP contribution is -2.39. The van der Waals surface area contributed by atoms with Crippen LogP contribution in [0.4, 0.5) is 0 Å². The molecule has 17 heavy (non-hydrogen) atoms. The van der Waals surface area contributed by atoms with Gasteiger partial charge in [-0.2, -0.15) is 0 Å². The molecule has 0 saturated carbocycles. The first kappa shape index (κ1) is 16.7. The Bertz CT molecular complexity index is 369. The van der Waals surface area contributed by atoms with Crippen molar-refractivity contribution in [1.82, 2.24) is 0 Å². The largest absolute Gasteiger partial charge is 0.549 e. The fourth-order valence-electron chi connectivity index (χ4n) is 0.776. The molecule has 4 nitrogen and oxygen atoms in total. The number of rotatable bonds is 5. The van der Waals surface area contributed by atoms with Gasteiger partial charge in [0, 0.05) is 0 Å². The Morgan fingerprint density at radius 1 is 1.35 bits per heavy atom. The molecule has 2 N–H and O–H groups in total. The highest BCUT2D eigenvalue weighted by molar-refractivity contribution is 7.89. The highest BCUT2D eigenvalue weighted by Gasteiger charge is 2.37. The molecule has 0 radical (unpaired) electrons. The Labute approximate surface area is 106 Å². The van der Waals surface area contributed by atoms with E-state index in [0.717, 1.165) is 0 Å². The average molecular weight is 279 g/mol. The molecule has 0 amide bonds. The lowest BCUT2D eigenvalue weighted by atomic mass is 10.2. The van der Waals surface area contributed by atoms with E-state index < -0.39 is 23.6 Å². The second kappa shape index (κ2) is 5.54. The number of hydrogen-bond acceptors (Lipinski definition) is 3. The fraction of sp³-hybridized carbons (Fsp3) is 0.818. The Hall–Kier alpha value is -0.333. The van der Waals surface area contributed by atoms with Crippen molar-refractivity contribution in [1.29, 1.82) is 0 Å². The molecule has 0 saturated heterocycles. The van der Waals surface area contributed by atoms with Crippen molar-refractivity contribution in [2.45, 2.75) is 57.5 Å². The first-order chi connectivity index (χ1) is 7.38. The maximum absolute atomic E-state index is 11.0. The number of primary sulfonamides is 1. The Kier molecular flexibility index (Phi) is 5.43. The van der Waals surface area contributed by atoms with Gasteiger partial charge in [-0.05, 0) is 31.5 Å². The van der Waals surface area contributed by atoms with Crippen LogP contribution in [0.3, 0.4) is 0 Å². The van der Waals surface area contributed by atoms with Gasteiger partial charge < -0.3 is 4.43 Å². The van der Waals surface area contributed by atoms with E-state index in [1.54, 1.807) is 19.3 Å². The number of hydrogen-bond donors (Lipinski definition) is 1. The second-order valence-corrected chi connectivity index (χ2v) is 12.6. The third-order valence-corrected chi connectivity index (χ3v) is 8.95. The van der Waals surface area contributed by atoms with Crippen LogP contribution in [0.5, 0.6) is 0 Å². The first-order valence-electron chi connectivity index (χ1n) is 5.72. The molecule has 0 spiro atoms. The minimum Gasteiger partial charge on any atom is -0.549 e. The summed E-state index contributed by atoms with van der Waals surface area (Å²) in [6, 6.07) is 0. The van der Waals surface area contributed by atoms with E-state index in [9.17, 15) is 8.42 Å². The molecular formula is C11H25NO3SSi. The molecule has 0 aromatic heterocycles. The number of sulfonamides is 1. The van der Waals surface area contributed by atoms with Crippen molar-refractivity contribution in [2.24, 2.45) is 5.14 Å². The molecule has 102 valence electrons. The quantitative estimate of drug-likeness (QED) is 0.621. The summed E-state index contributed by atoms with van der Waals surface area (Å²) in [6.07, 6.45) is 3.74. The summed E-state index contributed by atoms with van der Waals surface area (Å²) in [4.78, 5) is 0. The van der Waals surface area contributed by atoms with Crippen LogP contribution in [-0.2, 0) is 14.4 Å². The van der Waals surface area contributed by atoms with Crippen LogP contribution in [-0.4, -0.2) is 22.0 Å². The zero-order valence-electron chi connectivity index (χ0n) is 11.6. The molecule has 0 aliphatic carbocycles. The van der Waals surface area contributed by atoms with Gasteiger partial charge in [-0.15, -0.1) is 0 Å². The Morgan fingerprint density at radius 3 is 2.18 bits per heavy atom. The van der Waals surface area contributed by atoms with Gasteiger partial charge in [-0.1, -0.05) is 26.8 Å². The maximum atomic E-state index is 11.0. The van der Waals surface area contributed by atoms with Crippen molar-refractivity contribution in [3.63, 3.8) is 0 Å². The molecule has 6 heteroatoms. The molecule has 0 aliphatic heterocycles. The minimum atomic E-state index is -3.44. The lowest BCUT2D eigenvalue weighted by Gasteiger charge is -2.35. The summed E-state index contributed by atoms with van der Waals surface area (Å²) in [7, 11) is -5.23. The van der Waals surface area contributed by atoms with Gasteiger partial charge in [0.25, 0.3) is 0 Å². The SMILES string of the molecule is C[C@@H](CC=CO[Si](C)(C)C(C)(C)C)S(N)(=O)=O. The van der Waals surface area contributed by atoms with Gasteiger partial charge in [0.2, 0.25) is 18.3 Å². The van der Waals surface area contributed by atoms with Crippen molar-refractivity contribution in [3.8, 4) is 0 Å². The molecule has 0 aromatic rings. The highest BCUT2D eigenvalue weighted by Crippen LogP contribution is 2.36.